The second-order valence-corrected chi connectivity index (χ2v) is 5.55. The molecule has 0 aliphatic rings. The quantitative estimate of drug-likeness (QED) is 0.517. The molecule has 124 valence electrons. The molecule has 6 heteroatoms. The van der Waals surface area contributed by atoms with Crippen molar-refractivity contribution in [3.63, 3.8) is 0 Å². The van der Waals surface area contributed by atoms with E-state index in [-0.39, 0.29) is 35.0 Å². The van der Waals surface area contributed by atoms with Crippen LogP contribution >= 0.6 is 0 Å². The zero-order chi connectivity index (χ0) is 17.4. The number of fused-ring (bicyclic) bond motifs is 1. The van der Waals surface area contributed by atoms with Crippen LogP contribution in [-0.4, -0.2) is 16.1 Å². The van der Waals surface area contributed by atoms with Gasteiger partial charge in [0.25, 0.3) is 0 Å². The van der Waals surface area contributed by atoms with E-state index in [4.69, 9.17) is 4.42 Å². The molecular formula is C19H12F2N2O2. The highest BCUT2D eigenvalue weighted by atomic mass is 19.1. The predicted octanol–water partition coefficient (Wildman–Crippen LogP) is 4.44. The van der Waals surface area contributed by atoms with Crippen LogP contribution in [0.2, 0.25) is 0 Å². The van der Waals surface area contributed by atoms with Crippen molar-refractivity contribution in [3.8, 4) is 11.5 Å². The van der Waals surface area contributed by atoms with Gasteiger partial charge in [0.1, 0.15) is 17.3 Å². The molecule has 2 heterocycles. The number of hydrogen-bond acceptors (Lipinski definition) is 3. The summed E-state index contributed by atoms with van der Waals surface area (Å²) in [5.74, 6) is -0.408. The summed E-state index contributed by atoms with van der Waals surface area (Å²) in [5, 5.41) is 4.67. The molecule has 0 spiro atoms. The van der Waals surface area contributed by atoms with Gasteiger partial charge < -0.3 is 4.42 Å². The van der Waals surface area contributed by atoms with Crippen LogP contribution in [0.3, 0.4) is 0 Å². The molecule has 2 aromatic heterocycles. The van der Waals surface area contributed by atoms with Gasteiger partial charge in [0, 0.05) is 5.56 Å². The van der Waals surface area contributed by atoms with E-state index in [9.17, 15) is 13.6 Å². The number of benzene rings is 2. The minimum absolute atomic E-state index is 0.128. The summed E-state index contributed by atoms with van der Waals surface area (Å²) < 4.78 is 35.3. The highest BCUT2D eigenvalue weighted by molar-refractivity contribution is 5.93. The maximum Gasteiger partial charge on any atom is 0.185 e. The van der Waals surface area contributed by atoms with Gasteiger partial charge >= 0.3 is 0 Å². The van der Waals surface area contributed by atoms with E-state index < -0.39 is 5.82 Å². The smallest absolute Gasteiger partial charge is 0.185 e. The lowest BCUT2D eigenvalue weighted by Crippen LogP contribution is -2.03. The fourth-order valence-electron chi connectivity index (χ4n) is 2.81. The van der Waals surface area contributed by atoms with Crippen molar-refractivity contribution in [2.45, 2.75) is 6.54 Å². The lowest BCUT2D eigenvalue weighted by Gasteiger charge is -2.05. The molecule has 0 saturated carbocycles. The normalized spacial score (nSPS) is 11.1. The van der Waals surface area contributed by atoms with Gasteiger partial charge in [-0.2, -0.15) is 5.10 Å². The fraction of sp³-hybridized carbons (Fsp3) is 0.0526. The third-order valence-corrected chi connectivity index (χ3v) is 3.98. The van der Waals surface area contributed by atoms with E-state index in [1.54, 1.807) is 36.4 Å². The number of furan rings is 1. The zero-order valence-electron chi connectivity index (χ0n) is 12.9. The highest BCUT2D eigenvalue weighted by Gasteiger charge is 2.19. The van der Waals surface area contributed by atoms with Crippen molar-refractivity contribution >= 4 is 17.2 Å². The Balaban J connectivity index is 1.90. The summed E-state index contributed by atoms with van der Waals surface area (Å²) in [7, 11) is 0. The van der Waals surface area contributed by atoms with Gasteiger partial charge in [-0.15, -0.1) is 0 Å². The van der Waals surface area contributed by atoms with Crippen molar-refractivity contribution in [3.05, 3.63) is 77.6 Å². The number of rotatable bonds is 4. The Morgan fingerprint density at radius 2 is 1.80 bits per heavy atom. The van der Waals surface area contributed by atoms with E-state index >= 15 is 0 Å². The van der Waals surface area contributed by atoms with Crippen molar-refractivity contribution < 1.29 is 18.0 Å². The number of nitrogens with zero attached hydrogens (tertiary/aromatic N) is 2. The van der Waals surface area contributed by atoms with Crippen molar-refractivity contribution in [1.29, 1.82) is 0 Å². The van der Waals surface area contributed by atoms with Crippen LogP contribution in [0.1, 0.15) is 16.1 Å². The average molecular weight is 338 g/mol. The van der Waals surface area contributed by atoms with Crippen molar-refractivity contribution in [1.82, 2.24) is 9.78 Å². The summed E-state index contributed by atoms with van der Waals surface area (Å²) in [4.78, 5) is 10.8. The molecule has 0 atom stereocenters. The molecular weight excluding hydrogens is 326 g/mol. The molecule has 0 fully saturated rings. The van der Waals surface area contributed by atoms with Gasteiger partial charge in [0.2, 0.25) is 0 Å². The number of aromatic nitrogens is 2. The first-order chi connectivity index (χ1) is 12.2. The Morgan fingerprint density at radius 1 is 1.00 bits per heavy atom. The number of aldehydes is 1. The second kappa shape index (κ2) is 5.98. The summed E-state index contributed by atoms with van der Waals surface area (Å²) >= 11 is 0. The Bertz CT molecular complexity index is 1080. The van der Waals surface area contributed by atoms with Gasteiger partial charge in [0.05, 0.1) is 17.4 Å². The number of carbonyl (C=O) groups is 1. The van der Waals surface area contributed by atoms with Crippen LogP contribution in [0.5, 0.6) is 0 Å². The standard InChI is InChI=1S/C19H12F2N2O2/c20-14-5-2-1-4-12(14)10-23-16-7-3-6-15(21)18(16)19(22-23)17-9-8-13(11-24)25-17/h1-9,11H,10H2. The molecule has 0 amide bonds. The molecule has 4 rings (SSSR count). The minimum Gasteiger partial charge on any atom is -0.452 e. The first kappa shape index (κ1) is 15.3. The Labute approximate surface area is 141 Å². The van der Waals surface area contributed by atoms with E-state index in [1.165, 1.54) is 22.9 Å². The van der Waals surface area contributed by atoms with Gasteiger partial charge in [-0.1, -0.05) is 24.3 Å². The van der Waals surface area contributed by atoms with Crippen LogP contribution in [0.4, 0.5) is 8.78 Å². The maximum atomic E-state index is 14.4. The Morgan fingerprint density at radius 3 is 2.56 bits per heavy atom. The predicted molar refractivity (Wildman–Crippen MR) is 88.3 cm³/mol. The minimum atomic E-state index is -0.462. The molecule has 0 radical (unpaired) electrons. The first-order valence-electron chi connectivity index (χ1n) is 7.61. The number of halogens is 2. The van der Waals surface area contributed by atoms with Crippen LogP contribution in [0, 0.1) is 11.6 Å². The van der Waals surface area contributed by atoms with Crippen LogP contribution in [-0.2, 0) is 6.54 Å². The summed E-state index contributed by atoms with van der Waals surface area (Å²) in [6, 6.07) is 14.0. The zero-order valence-corrected chi connectivity index (χ0v) is 12.9. The average Bonchev–Trinajstić information content (AvgIpc) is 3.22. The SMILES string of the molecule is O=Cc1ccc(-c2nn(Cc3ccccc3F)c3cccc(F)c23)o1. The van der Waals surface area contributed by atoms with Gasteiger partial charge in [-0.3, -0.25) is 9.48 Å². The molecule has 0 unspecified atom stereocenters. The molecule has 0 N–H and O–H groups in total. The molecule has 2 aromatic carbocycles. The monoisotopic (exact) mass is 338 g/mol. The van der Waals surface area contributed by atoms with E-state index in [0.29, 0.717) is 17.4 Å². The maximum absolute atomic E-state index is 14.4. The molecule has 25 heavy (non-hydrogen) atoms. The highest BCUT2D eigenvalue weighted by Crippen LogP contribution is 2.31. The van der Waals surface area contributed by atoms with Crippen LogP contribution in [0.25, 0.3) is 22.4 Å². The van der Waals surface area contributed by atoms with Gasteiger partial charge in [-0.05, 0) is 30.3 Å². The first-order valence-corrected chi connectivity index (χ1v) is 7.61. The molecule has 4 aromatic rings. The Hall–Kier alpha value is -3.28. The molecule has 0 aliphatic carbocycles. The lowest BCUT2D eigenvalue weighted by molar-refractivity contribution is 0.110. The van der Waals surface area contributed by atoms with E-state index in [1.807, 2.05) is 0 Å². The van der Waals surface area contributed by atoms with E-state index in [0.717, 1.165) is 0 Å². The molecule has 0 saturated heterocycles. The van der Waals surface area contributed by atoms with Crippen molar-refractivity contribution in [2.24, 2.45) is 0 Å². The summed E-state index contributed by atoms with van der Waals surface area (Å²) in [6.45, 7) is 0.147. The Kier molecular flexibility index (Phi) is 3.65. The van der Waals surface area contributed by atoms with Crippen LogP contribution < -0.4 is 0 Å². The largest absolute Gasteiger partial charge is 0.452 e. The molecule has 4 nitrogen and oxygen atoms in total. The van der Waals surface area contributed by atoms with Gasteiger partial charge in [-0.25, -0.2) is 8.78 Å². The number of carbonyl (C=O) groups excluding carboxylic acids is 1. The van der Waals surface area contributed by atoms with Crippen molar-refractivity contribution in [2.75, 3.05) is 0 Å². The topological polar surface area (TPSA) is 48.0 Å². The van der Waals surface area contributed by atoms with Crippen LogP contribution in [0.15, 0.2) is 59.0 Å². The lowest BCUT2D eigenvalue weighted by atomic mass is 10.1. The number of hydrogen-bond donors (Lipinski definition) is 0. The third kappa shape index (κ3) is 2.61. The van der Waals surface area contributed by atoms with E-state index in [2.05, 4.69) is 5.10 Å². The summed E-state index contributed by atoms with van der Waals surface area (Å²) in [6.07, 6.45) is 0.568. The fourth-order valence-corrected chi connectivity index (χ4v) is 2.81. The second-order valence-electron chi connectivity index (χ2n) is 5.55. The third-order valence-electron chi connectivity index (χ3n) is 3.98. The molecule has 0 bridgehead atoms. The molecule has 0 aliphatic heterocycles. The summed E-state index contributed by atoms with van der Waals surface area (Å²) in [5.41, 5.74) is 1.23. The van der Waals surface area contributed by atoms with Gasteiger partial charge in [0.15, 0.2) is 17.8 Å².